The molecule has 0 aromatic heterocycles. The molecule has 0 spiro atoms. The molecular formula is C20H23NO. The highest BCUT2D eigenvalue weighted by Gasteiger charge is 2.43. The molecule has 2 nitrogen and oxygen atoms in total. The Balaban J connectivity index is 1.32. The zero-order chi connectivity index (χ0) is 15.2. The molecule has 2 atom stereocenters. The molecule has 2 aromatic rings. The Kier molecular flexibility index (Phi) is 4.89. The number of hydrogen-bond acceptors (Lipinski definition) is 1. The van der Waals surface area contributed by atoms with Gasteiger partial charge in [0.05, 0.1) is 0 Å². The van der Waals surface area contributed by atoms with Crippen LogP contribution in [0.5, 0.6) is 0 Å². The minimum Gasteiger partial charge on any atom is -0.356 e. The maximum atomic E-state index is 12.1. The van der Waals surface area contributed by atoms with E-state index in [2.05, 4.69) is 41.7 Å². The molecule has 2 aromatic carbocycles. The molecule has 1 N–H and O–H groups in total. The van der Waals surface area contributed by atoms with Crippen molar-refractivity contribution < 1.29 is 4.79 Å². The minimum absolute atomic E-state index is 0.191. The van der Waals surface area contributed by atoms with E-state index in [0.717, 1.165) is 32.2 Å². The topological polar surface area (TPSA) is 29.1 Å². The molecule has 114 valence electrons. The van der Waals surface area contributed by atoms with Gasteiger partial charge in [0.1, 0.15) is 0 Å². The zero-order valence-electron chi connectivity index (χ0n) is 12.9. The van der Waals surface area contributed by atoms with Crippen LogP contribution in [-0.2, 0) is 11.2 Å². The maximum Gasteiger partial charge on any atom is 0.223 e. The lowest BCUT2D eigenvalue weighted by Crippen LogP contribution is -2.26. The first-order valence-corrected chi connectivity index (χ1v) is 8.21. The van der Waals surface area contributed by atoms with Gasteiger partial charge in [0.2, 0.25) is 5.91 Å². The van der Waals surface area contributed by atoms with Gasteiger partial charge in [-0.1, -0.05) is 60.7 Å². The van der Waals surface area contributed by atoms with Gasteiger partial charge in [-0.2, -0.15) is 0 Å². The average Bonchev–Trinajstić information content (AvgIpc) is 3.37. The van der Waals surface area contributed by atoms with Gasteiger partial charge in [-0.05, 0) is 42.7 Å². The summed E-state index contributed by atoms with van der Waals surface area (Å²) in [7, 11) is 0. The second kappa shape index (κ2) is 7.26. The van der Waals surface area contributed by atoms with E-state index in [4.69, 9.17) is 0 Å². The van der Waals surface area contributed by atoms with Gasteiger partial charge in [0.25, 0.3) is 0 Å². The van der Waals surface area contributed by atoms with E-state index in [-0.39, 0.29) is 11.8 Å². The van der Waals surface area contributed by atoms with Crippen LogP contribution in [0, 0.1) is 5.92 Å². The highest BCUT2D eigenvalue weighted by atomic mass is 16.2. The highest BCUT2D eigenvalue weighted by molar-refractivity contribution is 5.82. The van der Waals surface area contributed by atoms with Crippen molar-refractivity contribution in [1.82, 2.24) is 5.32 Å². The largest absolute Gasteiger partial charge is 0.356 e. The SMILES string of the molecule is O=C(NCCCCc1ccccc1)[C@H]1C[C@H]1c1ccccc1. The van der Waals surface area contributed by atoms with E-state index in [1.54, 1.807) is 0 Å². The summed E-state index contributed by atoms with van der Waals surface area (Å²) in [4.78, 5) is 12.1. The zero-order valence-corrected chi connectivity index (χ0v) is 12.9. The smallest absolute Gasteiger partial charge is 0.223 e. The second-order valence-electron chi connectivity index (χ2n) is 6.09. The lowest BCUT2D eigenvalue weighted by atomic mass is 10.1. The average molecular weight is 293 g/mol. The molecule has 0 heterocycles. The predicted molar refractivity (Wildman–Crippen MR) is 89.7 cm³/mol. The van der Waals surface area contributed by atoms with Crippen LogP contribution in [0.3, 0.4) is 0 Å². The Bertz CT molecular complexity index is 594. The molecule has 0 bridgehead atoms. The second-order valence-corrected chi connectivity index (χ2v) is 6.09. The molecule has 1 saturated carbocycles. The summed E-state index contributed by atoms with van der Waals surface area (Å²) in [6.45, 7) is 0.795. The van der Waals surface area contributed by atoms with Crippen molar-refractivity contribution in [1.29, 1.82) is 0 Å². The summed E-state index contributed by atoms with van der Waals surface area (Å²) in [5.41, 5.74) is 2.67. The molecular weight excluding hydrogens is 270 g/mol. The lowest BCUT2D eigenvalue weighted by molar-refractivity contribution is -0.122. The molecule has 0 saturated heterocycles. The molecule has 2 heteroatoms. The van der Waals surface area contributed by atoms with Gasteiger partial charge in [0.15, 0.2) is 0 Å². The Labute approximate surface area is 132 Å². The van der Waals surface area contributed by atoms with Gasteiger partial charge < -0.3 is 5.32 Å². The number of carbonyl (C=O) groups is 1. The van der Waals surface area contributed by atoms with Crippen molar-refractivity contribution >= 4 is 5.91 Å². The fraction of sp³-hybridized carbons (Fsp3) is 0.350. The van der Waals surface area contributed by atoms with Gasteiger partial charge >= 0.3 is 0 Å². The Morgan fingerprint density at radius 1 is 0.955 bits per heavy atom. The molecule has 1 fully saturated rings. The summed E-state index contributed by atoms with van der Waals surface area (Å²) < 4.78 is 0. The molecule has 22 heavy (non-hydrogen) atoms. The fourth-order valence-electron chi connectivity index (χ4n) is 2.99. The predicted octanol–water partition coefficient (Wildman–Crippen LogP) is 3.93. The first kappa shape index (κ1) is 14.8. The number of nitrogens with one attached hydrogen (secondary N) is 1. The summed E-state index contributed by atoms with van der Waals surface area (Å²) in [5, 5.41) is 3.09. The first-order valence-electron chi connectivity index (χ1n) is 8.21. The lowest BCUT2D eigenvalue weighted by Gasteiger charge is -2.05. The molecule has 0 radical (unpaired) electrons. The number of aryl methyl sites for hydroxylation is 1. The number of carbonyl (C=O) groups excluding carboxylic acids is 1. The van der Waals surface area contributed by atoms with Crippen molar-refractivity contribution in [3.63, 3.8) is 0 Å². The normalized spacial score (nSPS) is 19.6. The minimum atomic E-state index is 0.191. The van der Waals surface area contributed by atoms with E-state index < -0.39 is 0 Å². The Hall–Kier alpha value is -2.09. The number of unbranched alkanes of at least 4 members (excludes halogenated alkanes) is 1. The fourth-order valence-corrected chi connectivity index (χ4v) is 2.99. The molecule has 1 amide bonds. The summed E-state index contributed by atoms with van der Waals surface area (Å²) in [6.07, 6.45) is 4.26. The van der Waals surface area contributed by atoms with Crippen molar-refractivity contribution in [2.75, 3.05) is 6.54 Å². The van der Waals surface area contributed by atoms with Crippen LogP contribution < -0.4 is 5.32 Å². The van der Waals surface area contributed by atoms with Crippen molar-refractivity contribution in [2.24, 2.45) is 5.92 Å². The quantitative estimate of drug-likeness (QED) is 0.770. The van der Waals surface area contributed by atoms with E-state index in [0.29, 0.717) is 5.92 Å². The molecule has 0 aliphatic heterocycles. The third-order valence-electron chi connectivity index (χ3n) is 4.39. The van der Waals surface area contributed by atoms with Crippen LogP contribution >= 0.6 is 0 Å². The number of benzene rings is 2. The van der Waals surface area contributed by atoms with Crippen molar-refractivity contribution in [3.05, 3.63) is 71.8 Å². The van der Waals surface area contributed by atoms with E-state index >= 15 is 0 Å². The molecule has 1 aliphatic rings. The molecule has 3 rings (SSSR count). The Morgan fingerprint density at radius 3 is 2.36 bits per heavy atom. The van der Waals surface area contributed by atoms with Crippen LogP contribution in [0.15, 0.2) is 60.7 Å². The standard InChI is InChI=1S/C20H23NO/c22-20(19-15-18(19)17-12-5-2-6-13-17)21-14-8-7-11-16-9-3-1-4-10-16/h1-6,9-10,12-13,18-19H,7-8,11,14-15H2,(H,21,22)/t18-,19-/m0/s1. The van der Waals surface area contributed by atoms with Crippen LogP contribution in [0.4, 0.5) is 0 Å². The van der Waals surface area contributed by atoms with Gasteiger partial charge in [0, 0.05) is 12.5 Å². The van der Waals surface area contributed by atoms with E-state index in [1.807, 2.05) is 24.3 Å². The first-order chi connectivity index (χ1) is 10.8. The molecule has 1 aliphatic carbocycles. The number of amides is 1. The van der Waals surface area contributed by atoms with Crippen LogP contribution in [0.2, 0.25) is 0 Å². The highest BCUT2D eigenvalue weighted by Crippen LogP contribution is 2.47. The summed E-state index contributed by atoms with van der Waals surface area (Å²) in [5.74, 6) is 0.857. The maximum absolute atomic E-state index is 12.1. The third-order valence-corrected chi connectivity index (χ3v) is 4.39. The third kappa shape index (κ3) is 3.97. The van der Waals surface area contributed by atoms with Crippen molar-refractivity contribution in [3.8, 4) is 0 Å². The van der Waals surface area contributed by atoms with E-state index in [9.17, 15) is 4.79 Å². The van der Waals surface area contributed by atoms with Crippen molar-refractivity contribution in [2.45, 2.75) is 31.6 Å². The van der Waals surface area contributed by atoms with Gasteiger partial charge in [-0.25, -0.2) is 0 Å². The number of hydrogen-bond donors (Lipinski definition) is 1. The molecule has 0 unspecified atom stereocenters. The Morgan fingerprint density at radius 2 is 1.64 bits per heavy atom. The van der Waals surface area contributed by atoms with Gasteiger partial charge in [-0.15, -0.1) is 0 Å². The summed E-state index contributed by atoms with van der Waals surface area (Å²) in [6, 6.07) is 20.9. The number of rotatable bonds is 7. The van der Waals surface area contributed by atoms with Gasteiger partial charge in [-0.3, -0.25) is 4.79 Å². The van der Waals surface area contributed by atoms with Crippen LogP contribution in [-0.4, -0.2) is 12.5 Å². The van der Waals surface area contributed by atoms with E-state index in [1.165, 1.54) is 11.1 Å². The van der Waals surface area contributed by atoms with Crippen LogP contribution in [0.1, 0.15) is 36.3 Å². The van der Waals surface area contributed by atoms with Crippen LogP contribution in [0.25, 0.3) is 0 Å². The summed E-state index contributed by atoms with van der Waals surface area (Å²) >= 11 is 0. The monoisotopic (exact) mass is 293 g/mol.